The first kappa shape index (κ1) is 15.5. The highest BCUT2D eigenvalue weighted by molar-refractivity contribution is 5.79. The molecule has 120 valence electrons. The van der Waals surface area contributed by atoms with Crippen LogP contribution in [0, 0.1) is 0 Å². The number of benzene rings is 1. The SMILES string of the molecule is CN(CC(=O)N1CCC[C@@H]1c1ccccc1)C1CCNCC1. The number of rotatable bonds is 4. The molecule has 1 atom stereocenters. The summed E-state index contributed by atoms with van der Waals surface area (Å²) in [7, 11) is 2.10. The second-order valence-electron chi connectivity index (χ2n) is 6.55. The third kappa shape index (κ3) is 3.50. The van der Waals surface area contributed by atoms with Crippen LogP contribution in [-0.2, 0) is 4.79 Å². The Kier molecular flexibility index (Phi) is 5.11. The highest BCUT2D eigenvalue weighted by Gasteiger charge is 2.31. The van der Waals surface area contributed by atoms with E-state index in [1.807, 2.05) is 6.07 Å². The molecule has 0 aromatic heterocycles. The second-order valence-corrected chi connectivity index (χ2v) is 6.55. The number of nitrogens with one attached hydrogen (secondary N) is 1. The van der Waals surface area contributed by atoms with Crippen LogP contribution in [0.3, 0.4) is 0 Å². The molecule has 2 aliphatic rings. The van der Waals surface area contributed by atoms with Crippen LogP contribution < -0.4 is 5.32 Å². The third-order valence-electron chi connectivity index (χ3n) is 5.07. The lowest BCUT2D eigenvalue weighted by Crippen LogP contribution is -2.46. The van der Waals surface area contributed by atoms with Crippen molar-refractivity contribution in [2.45, 2.75) is 37.8 Å². The average Bonchev–Trinajstić information content (AvgIpc) is 3.06. The number of amides is 1. The standard InChI is InChI=1S/C18H27N3O/c1-20(16-9-11-19-12-10-16)14-18(22)21-13-5-8-17(21)15-6-3-2-4-7-15/h2-4,6-7,16-17,19H,5,8-14H2,1H3/t17-/m1/s1. The molecule has 2 fully saturated rings. The van der Waals surface area contributed by atoms with Crippen molar-refractivity contribution in [1.29, 1.82) is 0 Å². The van der Waals surface area contributed by atoms with Gasteiger partial charge in [0.05, 0.1) is 12.6 Å². The lowest BCUT2D eigenvalue weighted by molar-refractivity contribution is -0.133. The van der Waals surface area contributed by atoms with Crippen molar-refractivity contribution < 1.29 is 4.79 Å². The Morgan fingerprint density at radius 3 is 2.68 bits per heavy atom. The van der Waals surface area contributed by atoms with Crippen LogP contribution in [0.15, 0.2) is 30.3 Å². The van der Waals surface area contributed by atoms with Crippen molar-refractivity contribution in [3.05, 3.63) is 35.9 Å². The third-order valence-corrected chi connectivity index (χ3v) is 5.07. The maximum Gasteiger partial charge on any atom is 0.237 e. The van der Waals surface area contributed by atoms with Gasteiger partial charge in [-0.05, 0) is 51.4 Å². The number of likely N-dealkylation sites (tertiary alicyclic amines) is 1. The van der Waals surface area contributed by atoms with Gasteiger partial charge in [-0.25, -0.2) is 0 Å². The van der Waals surface area contributed by atoms with E-state index in [-0.39, 0.29) is 11.9 Å². The molecule has 0 saturated carbocycles. The molecule has 0 aliphatic carbocycles. The van der Waals surface area contributed by atoms with E-state index >= 15 is 0 Å². The van der Waals surface area contributed by atoms with Crippen LogP contribution >= 0.6 is 0 Å². The summed E-state index contributed by atoms with van der Waals surface area (Å²) < 4.78 is 0. The Labute approximate surface area is 133 Å². The number of carbonyl (C=O) groups is 1. The van der Waals surface area contributed by atoms with Gasteiger partial charge in [0, 0.05) is 12.6 Å². The normalized spacial score (nSPS) is 23.2. The number of hydrogen-bond donors (Lipinski definition) is 1. The topological polar surface area (TPSA) is 35.6 Å². The Hall–Kier alpha value is -1.39. The number of piperidine rings is 1. The maximum atomic E-state index is 12.8. The van der Waals surface area contributed by atoms with Crippen molar-refractivity contribution in [2.24, 2.45) is 0 Å². The van der Waals surface area contributed by atoms with Crippen LogP contribution in [0.2, 0.25) is 0 Å². The fourth-order valence-electron chi connectivity index (χ4n) is 3.77. The van der Waals surface area contributed by atoms with E-state index in [1.165, 1.54) is 5.56 Å². The van der Waals surface area contributed by atoms with Crippen LogP contribution in [0.4, 0.5) is 0 Å². The zero-order valence-electron chi connectivity index (χ0n) is 13.5. The van der Waals surface area contributed by atoms with Crippen LogP contribution in [0.5, 0.6) is 0 Å². The number of hydrogen-bond acceptors (Lipinski definition) is 3. The van der Waals surface area contributed by atoms with E-state index in [4.69, 9.17) is 0 Å². The van der Waals surface area contributed by atoms with Crippen molar-refractivity contribution in [1.82, 2.24) is 15.1 Å². The number of likely N-dealkylation sites (N-methyl/N-ethyl adjacent to an activating group) is 1. The summed E-state index contributed by atoms with van der Waals surface area (Å²) in [6, 6.07) is 11.3. The summed E-state index contributed by atoms with van der Waals surface area (Å²) in [6.07, 6.45) is 4.49. The first-order chi connectivity index (χ1) is 10.8. The molecule has 0 radical (unpaired) electrons. The minimum Gasteiger partial charge on any atom is -0.335 e. The largest absolute Gasteiger partial charge is 0.335 e. The molecule has 2 aliphatic heterocycles. The van der Waals surface area contributed by atoms with Crippen molar-refractivity contribution in [3.8, 4) is 0 Å². The molecule has 2 heterocycles. The number of nitrogens with zero attached hydrogens (tertiary/aromatic N) is 2. The van der Waals surface area contributed by atoms with Gasteiger partial charge in [0.25, 0.3) is 0 Å². The highest BCUT2D eigenvalue weighted by Crippen LogP contribution is 2.31. The highest BCUT2D eigenvalue weighted by atomic mass is 16.2. The molecule has 4 nitrogen and oxygen atoms in total. The lowest BCUT2D eigenvalue weighted by Gasteiger charge is -2.33. The first-order valence-corrected chi connectivity index (χ1v) is 8.51. The zero-order valence-corrected chi connectivity index (χ0v) is 13.5. The fourth-order valence-corrected chi connectivity index (χ4v) is 3.77. The summed E-state index contributed by atoms with van der Waals surface area (Å²) in [5.41, 5.74) is 1.28. The quantitative estimate of drug-likeness (QED) is 0.924. The molecule has 4 heteroatoms. The van der Waals surface area contributed by atoms with Gasteiger partial charge in [0.1, 0.15) is 0 Å². The van der Waals surface area contributed by atoms with Crippen molar-refractivity contribution in [3.63, 3.8) is 0 Å². The molecule has 2 saturated heterocycles. The summed E-state index contributed by atoms with van der Waals surface area (Å²) in [6.45, 7) is 3.59. The van der Waals surface area contributed by atoms with E-state index in [9.17, 15) is 4.79 Å². The molecule has 1 aromatic carbocycles. The Morgan fingerprint density at radius 2 is 1.95 bits per heavy atom. The van der Waals surface area contributed by atoms with Gasteiger partial charge in [-0.3, -0.25) is 9.69 Å². The van der Waals surface area contributed by atoms with E-state index in [1.54, 1.807) is 0 Å². The van der Waals surface area contributed by atoms with Gasteiger partial charge in [-0.2, -0.15) is 0 Å². The van der Waals surface area contributed by atoms with Crippen molar-refractivity contribution >= 4 is 5.91 Å². The summed E-state index contributed by atoms with van der Waals surface area (Å²) in [4.78, 5) is 17.1. The first-order valence-electron chi connectivity index (χ1n) is 8.51. The Balaban J connectivity index is 1.61. The maximum absolute atomic E-state index is 12.8. The Bertz CT molecular complexity index is 484. The molecule has 1 aromatic rings. The molecular weight excluding hydrogens is 274 g/mol. The van der Waals surface area contributed by atoms with E-state index in [0.717, 1.165) is 45.3 Å². The van der Waals surface area contributed by atoms with E-state index < -0.39 is 0 Å². The molecule has 0 bridgehead atoms. The molecule has 1 N–H and O–H groups in total. The van der Waals surface area contributed by atoms with Crippen LogP contribution in [0.1, 0.15) is 37.3 Å². The summed E-state index contributed by atoms with van der Waals surface area (Å²) >= 11 is 0. The predicted molar refractivity (Wildman–Crippen MR) is 88.7 cm³/mol. The van der Waals surface area contributed by atoms with Gasteiger partial charge in [-0.1, -0.05) is 30.3 Å². The minimum atomic E-state index is 0.273. The van der Waals surface area contributed by atoms with Crippen LogP contribution in [0.25, 0.3) is 0 Å². The molecule has 3 rings (SSSR count). The molecular formula is C18H27N3O. The molecule has 0 unspecified atom stereocenters. The monoisotopic (exact) mass is 301 g/mol. The second kappa shape index (κ2) is 7.25. The zero-order chi connectivity index (χ0) is 15.4. The van der Waals surface area contributed by atoms with Crippen LogP contribution in [-0.4, -0.2) is 55.0 Å². The fraction of sp³-hybridized carbons (Fsp3) is 0.611. The molecule has 22 heavy (non-hydrogen) atoms. The lowest BCUT2D eigenvalue weighted by atomic mass is 10.0. The van der Waals surface area contributed by atoms with E-state index in [2.05, 4.69) is 46.4 Å². The summed E-state index contributed by atoms with van der Waals surface area (Å²) in [5.74, 6) is 0.285. The van der Waals surface area contributed by atoms with E-state index in [0.29, 0.717) is 12.6 Å². The van der Waals surface area contributed by atoms with Gasteiger partial charge < -0.3 is 10.2 Å². The van der Waals surface area contributed by atoms with Gasteiger partial charge >= 0.3 is 0 Å². The molecule has 0 spiro atoms. The predicted octanol–water partition coefficient (Wildman–Crippen LogP) is 2.03. The Morgan fingerprint density at radius 1 is 1.23 bits per heavy atom. The van der Waals surface area contributed by atoms with Gasteiger partial charge in [-0.15, -0.1) is 0 Å². The minimum absolute atomic E-state index is 0.273. The van der Waals surface area contributed by atoms with Gasteiger partial charge in [0.2, 0.25) is 5.91 Å². The van der Waals surface area contributed by atoms with Gasteiger partial charge in [0.15, 0.2) is 0 Å². The smallest absolute Gasteiger partial charge is 0.237 e. The van der Waals surface area contributed by atoms with Crippen molar-refractivity contribution in [2.75, 3.05) is 33.2 Å². The average molecular weight is 301 g/mol. The summed E-state index contributed by atoms with van der Waals surface area (Å²) in [5, 5.41) is 3.38. The molecule has 1 amide bonds. The number of carbonyl (C=O) groups excluding carboxylic acids is 1.